The zero-order chi connectivity index (χ0) is 15.7. The molecule has 0 atom stereocenters. The summed E-state index contributed by atoms with van der Waals surface area (Å²) in [7, 11) is 0. The number of nitrogens with zero attached hydrogens (tertiary/aromatic N) is 2. The molecular formula is C19H20N2O. The van der Waals surface area contributed by atoms with Crippen LogP contribution in [0.4, 0.5) is 0 Å². The van der Waals surface area contributed by atoms with E-state index in [9.17, 15) is 5.11 Å². The van der Waals surface area contributed by atoms with E-state index in [0.717, 1.165) is 22.5 Å². The third-order valence-corrected chi connectivity index (χ3v) is 3.78. The summed E-state index contributed by atoms with van der Waals surface area (Å²) < 4.78 is 1.62. The summed E-state index contributed by atoms with van der Waals surface area (Å²) in [5.41, 5.74) is 4.78. The Morgan fingerprint density at radius 2 is 1.59 bits per heavy atom. The zero-order valence-corrected chi connectivity index (χ0v) is 13.1. The van der Waals surface area contributed by atoms with Gasteiger partial charge in [0.05, 0.1) is 16.9 Å². The molecule has 0 fully saturated rings. The van der Waals surface area contributed by atoms with E-state index in [1.807, 2.05) is 42.5 Å². The topological polar surface area (TPSA) is 38.0 Å². The van der Waals surface area contributed by atoms with Crippen LogP contribution in [0.5, 0.6) is 5.88 Å². The number of hydrogen-bond donors (Lipinski definition) is 1. The Balaban J connectivity index is 2.21. The molecule has 3 rings (SSSR count). The maximum atomic E-state index is 10.7. The van der Waals surface area contributed by atoms with Gasteiger partial charge in [0.15, 0.2) is 0 Å². The van der Waals surface area contributed by atoms with E-state index < -0.39 is 0 Å². The van der Waals surface area contributed by atoms with Gasteiger partial charge >= 0.3 is 0 Å². The second-order valence-corrected chi connectivity index (χ2v) is 5.85. The van der Waals surface area contributed by atoms with E-state index in [1.54, 1.807) is 4.68 Å². The van der Waals surface area contributed by atoms with Gasteiger partial charge in [-0.1, -0.05) is 61.9 Å². The van der Waals surface area contributed by atoms with Gasteiger partial charge in [-0.05, 0) is 30.5 Å². The van der Waals surface area contributed by atoms with E-state index in [-0.39, 0.29) is 11.8 Å². The molecule has 0 amide bonds. The van der Waals surface area contributed by atoms with Crippen LogP contribution in [0.25, 0.3) is 16.8 Å². The summed E-state index contributed by atoms with van der Waals surface area (Å²) in [6.45, 7) is 6.24. The van der Waals surface area contributed by atoms with Crippen molar-refractivity contribution in [1.82, 2.24) is 9.78 Å². The Bertz CT molecular complexity index is 771. The maximum absolute atomic E-state index is 10.7. The summed E-state index contributed by atoms with van der Waals surface area (Å²) in [6.07, 6.45) is 0. The van der Waals surface area contributed by atoms with Crippen molar-refractivity contribution in [1.29, 1.82) is 0 Å². The fraction of sp³-hybridized carbons (Fsp3) is 0.211. The van der Waals surface area contributed by atoms with Gasteiger partial charge < -0.3 is 5.11 Å². The number of aromatic hydroxyl groups is 1. The molecule has 1 N–H and O–H groups in total. The third-order valence-electron chi connectivity index (χ3n) is 3.78. The van der Waals surface area contributed by atoms with E-state index in [0.29, 0.717) is 0 Å². The van der Waals surface area contributed by atoms with Crippen molar-refractivity contribution in [2.45, 2.75) is 26.7 Å². The fourth-order valence-corrected chi connectivity index (χ4v) is 2.58. The zero-order valence-electron chi connectivity index (χ0n) is 13.1. The normalized spacial score (nSPS) is 11.1. The number of rotatable bonds is 3. The van der Waals surface area contributed by atoms with Crippen molar-refractivity contribution in [3.05, 3.63) is 65.9 Å². The van der Waals surface area contributed by atoms with E-state index in [4.69, 9.17) is 0 Å². The van der Waals surface area contributed by atoms with E-state index in [1.165, 1.54) is 5.56 Å². The molecule has 22 heavy (non-hydrogen) atoms. The van der Waals surface area contributed by atoms with Crippen LogP contribution in [0.1, 0.15) is 31.0 Å². The fourth-order valence-electron chi connectivity index (χ4n) is 2.58. The third kappa shape index (κ3) is 2.50. The highest BCUT2D eigenvalue weighted by Gasteiger charge is 2.21. The maximum Gasteiger partial charge on any atom is 0.222 e. The molecular weight excluding hydrogens is 272 g/mol. The highest BCUT2D eigenvalue weighted by atomic mass is 16.3. The summed E-state index contributed by atoms with van der Waals surface area (Å²) in [6, 6.07) is 17.9. The van der Waals surface area contributed by atoms with E-state index >= 15 is 0 Å². The van der Waals surface area contributed by atoms with Crippen LogP contribution in [0.15, 0.2) is 54.6 Å². The average Bonchev–Trinajstić information content (AvgIpc) is 2.87. The minimum Gasteiger partial charge on any atom is -0.493 e. The smallest absolute Gasteiger partial charge is 0.222 e. The molecule has 1 heterocycles. The van der Waals surface area contributed by atoms with Crippen LogP contribution in [0, 0.1) is 6.92 Å². The van der Waals surface area contributed by atoms with Crippen molar-refractivity contribution in [3.8, 4) is 22.7 Å². The Hall–Kier alpha value is -2.55. The summed E-state index contributed by atoms with van der Waals surface area (Å²) in [5.74, 6) is 0.422. The molecule has 0 spiro atoms. The standard InChI is InChI=1S/C19H20N2O/c1-13(2)18-17(15-11-9-14(3)10-12-15)19(22)21(20-18)16-7-5-4-6-8-16/h4-13,22H,1-3H3. The lowest BCUT2D eigenvalue weighted by Crippen LogP contribution is -1.97. The van der Waals surface area contributed by atoms with Crippen molar-refractivity contribution in [2.24, 2.45) is 0 Å². The summed E-state index contributed by atoms with van der Waals surface area (Å²) >= 11 is 0. The van der Waals surface area contributed by atoms with Crippen LogP contribution >= 0.6 is 0 Å². The van der Waals surface area contributed by atoms with Crippen LogP contribution in [-0.2, 0) is 0 Å². The lowest BCUT2D eigenvalue weighted by molar-refractivity contribution is 0.435. The van der Waals surface area contributed by atoms with Crippen molar-refractivity contribution in [2.75, 3.05) is 0 Å². The molecule has 0 aliphatic rings. The van der Waals surface area contributed by atoms with Crippen molar-refractivity contribution >= 4 is 0 Å². The minimum absolute atomic E-state index is 0.193. The monoisotopic (exact) mass is 292 g/mol. The average molecular weight is 292 g/mol. The van der Waals surface area contributed by atoms with Gasteiger partial charge in [0.25, 0.3) is 0 Å². The lowest BCUT2D eigenvalue weighted by Gasteiger charge is -2.06. The minimum atomic E-state index is 0.193. The van der Waals surface area contributed by atoms with Crippen LogP contribution in [-0.4, -0.2) is 14.9 Å². The Morgan fingerprint density at radius 3 is 2.18 bits per heavy atom. The van der Waals surface area contributed by atoms with Gasteiger partial charge in [-0.2, -0.15) is 5.10 Å². The predicted molar refractivity (Wildman–Crippen MR) is 89.5 cm³/mol. The number of benzene rings is 2. The molecule has 1 aromatic heterocycles. The first kappa shape index (κ1) is 14.4. The molecule has 0 aliphatic heterocycles. The molecule has 3 heteroatoms. The van der Waals surface area contributed by atoms with Crippen molar-refractivity contribution < 1.29 is 5.11 Å². The van der Waals surface area contributed by atoms with Gasteiger partial charge in [-0.3, -0.25) is 0 Å². The van der Waals surface area contributed by atoms with Gasteiger partial charge in [0.2, 0.25) is 5.88 Å². The van der Waals surface area contributed by atoms with E-state index in [2.05, 4.69) is 38.0 Å². The first-order valence-electron chi connectivity index (χ1n) is 7.52. The molecule has 0 unspecified atom stereocenters. The first-order valence-corrected chi connectivity index (χ1v) is 7.52. The molecule has 0 saturated carbocycles. The molecule has 112 valence electrons. The second-order valence-electron chi connectivity index (χ2n) is 5.85. The highest BCUT2D eigenvalue weighted by Crippen LogP contribution is 2.37. The SMILES string of the molecule is Cc1ccc(-c2c(C(C)C)nn(-c3ccccc3)c2O)cc1. The Kier molecular flexibility index (Phi) is 3.72. The number of para-hydroxylation sites is 1. The van der Waals surface area contributed by atoms with Gasteiger partial charge in [-0.25, -0.2) is 4.68 Å². The summed E-state index contributed by atoms with van der Waals surface area (Å²) in [5, 5.41) is 15.4. The largest absolute Gasteiger partial charge is 0.493 e. The molecule has 3 aromatic rings. The highest BCUT2D eigenvalue weighted by molar-refractivity contribution is 5.73. The molecule has 0 radical (unpaired) electrons. The van der Waals surface area contributed by atoms with Gasteiger partial charge in [0.1, 0.15) is 0 Å². The van der Waals surface area contributed by atoms with Crippen LogP contribution in [0.3, 0.4) is 0 Å². The van der Waals surface area contributed by atoms with Crippen molar-refractivity contribution in [3.63, 3.8) is 0 Å². The molecule has 2 aromatic carbocycles. The van der Waals surface area contributed by atoms with Gasteiger partial charge in [-0.15, -0.1) is 0 Å². The molecule has 0 aliphatic carbocycles. The lowest BCUT2D eigenvalue weighted by atomic mass is 9.99. The predicted octanol–water partition coefficient (Wildman–Crippen LogP) is 4.68. The molecule has 3 nitrogen and oxygen atoms in total. The number of aromatic nitrogens is 2. The summed E-state index contributed by atoms with van der Waals surface area (Å²) in [4.78, 5) is 0. The Morgan fingerprint density at radius 1 is 0.955 bits per heavy atom. The second kappa shape index (κ2) is 5.68. The first-order chi connectivity index (χ1) is 10.6. The molecule has 0 saturated heterocycles. The van der Waals surface area contributed by atoms with Gasteiger partial charge in [0, 0.05) is 0 Å². The van der Waals surface area contributed by atoms with Crippen LogP contribution in [0.2, 0.25) is 0 Å². The Labute approximate surface area is 130 Å². The number of hydrogen-bond acceptors (Lipinski definition) is 2. The van der Waals surface area contributed by atoms with Crippen LogP contribution < -0.4 is 0 Å². The quantitative estimate of drug-likeness (QED) is 0.761. The number of aryl methyl sites for hydroxylation is 1. The molecule has 0 bridgehead atoms.